The van der Waals surface area contributed by atoms with Gasteiger partial charge in [0.15, 0.2) is 5.96 Å². The quantitative estimate of drug-likeness (QED) is 0.435. The fourth-order valence-electron chi connectivity index (χ4n) is 2.44. The Morgan fingerprint density at radius 1 is 1.08 bits per heavy atom. The van der Waals surface area contributed by atoms with Gasteiger partial charge in [0.1, 0.15) is 12.4 Å². The number of hydrogen-bond acceptors (Lipinski definition) is 3. The first kappa shape index (κ1) is 19.4. The second kappa shape index (κ2) is 10.1. The predicted octanol–water partition coefficient (Wildman–Crippen LogP) is 3.18. The van der Waals surface area contributed by atoms with Gasteiger partial charge >= 0.3 is 0 Å². The molecule has 0 aromatic heterocycles. The minimum atomic E-state index is 0.493. The Morgan fingerprint density at radius 3 is 2.42 bits per heavy atom. The summed E-state index contributed by atoms with van der Waals surface area (Å²) >= 11 is 0. The molecule has 0 atom stereocenters. The summed E-state index contributed by atoms with van der Waals surface area (Å²) in [6.07, 6.45) is 1.74. The molecule has 2 N–H and O–H groups in total. The summed E-state index contributed by atoms with van der Waals surface area (Å²) < 4.78 is 5.69. The Bertz CT molecular complexity index is 723. The number of anilines is 1. The van der Waals surface area contributed by atoms with Gasteiger partial charge in [-0.2, -0.15) is 0 Å². The van der Waals surface area contributed by atoms with E-state index in [0.29, 0.717) is 19.7 Å². The predicted molar refractivity (Wildman–Crippen MR) is 110 cm³/mol. The van der Waals surface area contributed by atoms with Crippen LogP contribution in [-0.2, 0) is 13.1 Å². The lowest BCUT2D eigenvalue weighted by Crippen LogP contribution is -2.36. The number of rotatable bonds is 8. The maximum atomic E-state index is 5.69. The van der Waals surface area contributed by atoms with E-state index in [2.05, 4.69) is 51.4 Å². The van der Waals surface area contributed by atoms with Crippen molar-refractivity contribution in [1.29, 1.82) is 0 Å². The zero-order valence-electron chi connectivity index (χ0n) is 15.8. The first-order valence-electron chi connectivity index (χ1n) is 8.66. The maximum absolute atomic E-state index is 5.69. The number of guanidine groups is 1. The van der Waals surface area contributed by atoms with Crippen molar-refractivity contribution in [2.45, 2.75) is 13.1 Å². The molecule has 2 rings (SSSR count). The Hall–Kier alpha value is -2.95. The highest BCUT2D eigenvalue weighted by molar-refractivity contribution is 5.79. The lowest BCUT2D eigenvalue weighted by molar-refractivity contribution is 0.358. The van der Waals surface area contributed by atoms with Gasteiger partial charge in [-0.25, -0.2) is 0 Å². The number of benzene rings is 2. The van der Waals surface area contributed by atoms with Gasteiger partial charge in [0, 0.05) is 45.5 Å². The SMILES string of the molecule is C=CCOc1ccccc1CNC(=NC)NCc1ccc(N(C)C)cc1. The normalized spacial score (nSPS) is 11.0. The molecule has 5 nitrogen and oxygen atoms in total. The lowest BCUT2D eigenvalue weighted by atomic mass is 10.2. The third-order valence-electron chi connectivity index (χ3n) is 3.91. The van der Waals surface area contributed by atoms with Crippen molar-refractivity contribution in [2.75, 3.05) is 32.6 Å². The van der Waals surface area contributed by atoms with Crippen LogP contribution in [0.15, 0.2) is 66.2 Å². The van der Waals surface area contributed by atoms with Crippen molar-refractivity contribution in [3.63, 3.8) is 0 Å². The van der Waals surface area contributed by atoms with Gasteiger partial charge in [-0.3, -0.25) is 4.99 Å². The van der Waals surface area contributed by atoms with Crippen molar-refractivity contribution in [2.24, 2.45) is 4.99 Å². The maximum Gasteiger partial charge on any atom is 0.191 e. The first-order chi connectivity index (χ1) is 12.6. The summed E-state index contributed by atoms with van der Waals surface area (Å²) in [6, 6.07) is 16.4. The molecule has 0 aliphatic heterocycles. The average molecular weight is 352 g/mol. The Kier molecular flexibility index (Phi) is 7.55. The molecule has 0 aliphatic rings. The molecular weight excluding hydrogens is 324 g/mol. The number of para-hydroxylation sites is 1. The van der Waals surface area contributed by atoms with Crippen LogP contribution in [0.25, 0.3) is 0 Å². The largest absolute Gasteiger partial charge is 0.489 e. The van der Waals surface area contributed by atoms with Gasteiger partial charge in [-0.1, -0.05) is 43.0 Å². The molecule has 5 heteroatoms. The molecule has 2 aromatic rings. The molecule has 0 spiro atoms. The summed E-state index contributed by atoms with van der Waals surface area (Å²) in [5.41, 5.74) is 3.47. The van der Waals surface area contributed by atoms with E-state index >= 15 is 0 Å². The van der Waals surface area contributed by atoms with Crippen molar-refractivity contribution >= 4 is 11.6 Å². The van der Waals surface area contributed by atoms with Gasteiger partial charge in [0.25, 0.3) is 0 Å². The molecule has 2 aromatic carbocycles. The summed E-state index contributed by atoms with van der Waals surface area (Å²) in [5, 5.41) is 6.66. The van der Waals surface area contributed by atoms with Gasteiger partial charge in [0.2, 0.25) is 0 Å². The van der Waals surface area contributed by atoms with E-state index < -0.39 is 0 Å². The number of ether oxygens (including phenoxy) is 1. The topological polar surface area (TPSA) is 48.9 Å². The molecule has 138 valence electrons. The standard InChI is InChI=1S/C21H28N4O/c1-5-14-26-20-9-7-6-8-18(20)16-24-21(22-2)23-15-17-10-12-19(13-11-17)25(3)4/h5-13H,1,14-16H2,2-4H3,(H2,22,23,24). The summed E-state index contributed by atoms with van der Waals surface area (Å²) in [4.78, 5) is 6.37. The lowest BCUT2D eigenvalue weighted by Gasteiger charge is -2.15. The van der Waals surface area contributed by atoms with Crippen molar-refractivity contribution in [1.82, 2.24) is 10.6 Å². The molecule has 0 heterocycles. The number of aliphatic imine (C=N–C) groups is 1. The van der Waals surface area contributed by atoms with E-state index in [9.17, 15) is 0 Å². The zero-order valence-corrected chi connectivity index (χ0v) is 15.8. The van der Waals surface area contributed by atoms with Gasteiger partial charge in [-0.05, 0) is 23.8 Å². The Labute approximate surface area is 156 Å². The average Bonchev–Trinajstić information content (AvgIpc) is 2.67. The van der Waals surface area contributed by atoms with Gasteiger partial charge in [-0.15, -0.1) is 0 Å². The van der Waals surface area contributed by atoms with Crippen molar-refractivity contribution in [3.8, 4) is 5.75 Å². The molecule has 0 saturated carbocycles. The van der Waals surface area contributed by atoms with Crippen LogP contribution in [0.1, 0.15) is 11.1 Å². The van der Waals surface area contributed by atoms with Crippen molar-refractivity contribution < 1.29 is 4.74 Å². The summed E-state index contributed by atoms with van der Waals surface area (Å²) in [5.74, 6) is 1.61. The van der Waals surface area contributed by atoms with Crippen LogP contribution in [0.3, 0.4) is 0 Å². The molecule has 26 heavy (non-hydrogen) atoms. The molecule has 0 radical (unpaired) electrons. The van der Waals surface area contributed by atoms with Gasteiger partial charge in [0.05, 0.1) is 0 Å². The van der Waals surface area contributed by atoms with Gasteiger partial charge < -0.3 is 20.3 Å². The van der Waals surface area contributed by atoms with Crippen LogP contribution >= 0.6 is 0 Å². The highest BCUT2D eigenvalue weighted by Gasteiger charge is 2.04. The van der Waals surface area contributed by atoms with Crippen LogP contribution in [0.5, 0.6) is 5.75 Å². The minimum Gasteiger partial charge on any atom is -0.489 e. The highest BCUT2D eigenvalue weighted by atomic mass is 16.5. The van der Waals surface area contributed by atoms with Crippen LogP contribution in [-0.4, -0.2) is 33.7 Å². The molecule has 0 amide bonds. The molecule has 0 unspecified atom stereocenters. The molecule has 0 aliphatic carbocycles. The van der Waals surface area contributed by atoms with E-state index in [1.807, 2.05) is 38.4 Å². The third-order valence-corrected chi connectivity index (χ3v) is 3.91. The number of nitrogens with zero attached hydrogens (tertiary/aromatic N) is 2. The highest BCUT2D eigenvalue weighted by Crippen LogP contribution is 2.17. The van der Waals surface area contributed by atoms with Crippen LogP contribution in [0, 0.1) is 0 Å². The van der Waals surface area contributed by atoms with Crippen LogP contribution in [0.2, 0.25) is 0 Å². The molecule has 0 saturated heterocycles. The Morgan fingerprint density at radius 2 is 1.77 bits per heavy atom. The van der Waals surface area contributed by atoms with E-state index in [-0.39, 0.29) is 0 Å². The van der Waals surface area contributed by atoms with E-state index in [4.69, 9.17) is 4.74 Å². The van der Waals surface area contributed by atoms with Crippen LogP contribution < -0.4 is 20.3 Å². The summed E-state index contributed by atoms with van der Waals surface area (Å²) in [6.45, 7) is 5.52. The first-order valence-corrected chi connectivity index (χ1v) is 8.66. The van der Waals surface area contributed by atoms with E-state index in [1.54, 1.807) is 13.1 Å². The molecule has 0 fully saturated rings. The third kappa shape index (κ3) is 5.84. The van der Waals surface area contributed by atoms with E-state index in [1.165, 1.54) is 11.3 Å². The summed E-state index contributed by atoms with van der Waals surface area (Å²) in [7, 11) is 5.84. The molecule has 0 bridgehead atoms. The van der Waals surface area contributed by atoms with Crippen molar-refractivity contribution in [3.05, 3.63) is 72.3 Å². The molecular formula is C21H28N4O. The fourth-order valence-corrected chi connectivity index (χ4v) is 2.44. The van der Waals surface area contributed by atoms with Crippen LogP contribution in [0.4, 0.5) is 5.69 Å². The second-order valence-electron chi connectivity index (χ2n) is 6.05. The second-order valence-corrected chi connectivity index (χ2v) is 6.05. The zero-order chi connectivity index (χ0) is 18.8. The number of nitrogens with one attached hydrogen (secondary N) is 2. The minimum absolute atomic E-state index is 0.493. The smallest absolute Gasteiger partial charge is 0.191 e. The monoisotopic (exact) mass is 352 g/mol. The number of hydrogen-bond donors (Lipinski definition) is 2. The Balaban J connectivity index is 1.89. The van der Waals surface area contributed by atoms with E-state index in [0.717, 1.165) is 17.3 Å². The fraction of sp³-hybridized carbons (Fsp3) is 0.286.